The number of aliphatic hydroxyl groups excluding tert-OH is 4. The average molecular weight is 480 g/mol. The Balaban J connectivity index is 1.59. The van der Waals surface area contributed by atoms with E-state index in [0.29, 0.717) is 5.56 Å². The number of methoxy groups -OCH3 is 1. The summed E-state index contributed by atoms with van der Waals surface area (Å²) in [6, 6.07) is 6.97. The van der Waals surface area contributed by atoms with Crippen molar-refractivity contribution in [1.29, 1.82) is 0 Å². The summed E-state index contributed by atoms with van der Waals surface area (Å²) in [7, 11) is 1.40. The SMILES string of the molecule is COc1ccc(C2Oc3cc(O[C@@H]4O[C@H](C(=O)O)[C@@H](O)[C@H](O)[C@H]4O)cc(O)c3CC2O)cc1O. The molecule has 2 unspecified atom stereocenters. The molecule has 7 N–H and O–H groups in total. The number of benzene rings is 2. The molecule has 2 aromatic rings. The van der Waals surface area contributed by atoms with Crippen molar-refractivity contribution in [2.24, 2.45) is 0 Å². The van der Waals surface area contributed by atoms with Gasteiger partial charge in [-0.05, 0) is 17.7 Å². The predicted molar refractivity (Wildman–Crippen MR) is 111 cm³/mol. The molecule has 2 aromatic carbocycles. The summed E-state index contributed by atoms with van der Waals surface area (Å²) in [4.78, 5) is 11.3. The fraction of sp³-hybridized carbons (Fsp3) is 0.409. The van der Waals surface area contributed by atoms with Crippen LogP contribution in [0, 0.1) is 0 Å². The molecule has 0 amide bonds. The lowest BCUT2D eigenvalue weighted by Gasteiger charge is -2.38. The Labute approximate surface area is 192 Å². The van der Waals surface area contributed by atoms with E-state index in [1.807, 2.05) is 0 Å². The molecule has 0 aromatic heterocycles. The average Bonchev–Trinajstić information content (AvgIpc) is 2.79. The molecule has 0 bridgehead atoms. The van der Waals surface area contributed by atoms with Crippen LogP contribution in [0.1, 0.15) is 17.2 Å². The third-order valence-electron chi connectivity index (χ3n) is 5.77. The van der Waals surface area contributed by atoms with E-state index < -0.39 is 48.9 Å². The number of aromatic hydroxyl groups is 2. The van der Waals surface area contributed by atoms with Crippen LogP contribution in [0.2, 0.25) is 0 Å². The van der Waals surface area contributed by atoms with E-state index in [4.69, 9.17) is 18.9 Å². The molecular formula is C22H24O12. The fourth-order valence-corrected chi connectivity index (χ4v) is 3.97. The maximum atomic E-state index is 11.3. The number of carbonyl (C=O) groups is 1. The number of phenols is 2. The van der Waals surface area contributed by atoms with Gasteiger partial charge in [-0.1, -0.05) is 6.07 Å². The molecule has 7 atom stereocenters. The van der Waals surface area contributed by atoms with Gasteiger partial charge in [0.25, 0.3) is 0 Å². The molecule has 12 nitrogen and oxygen atoms in total. The molecule has 0 aliphatic carbocycles. The first-order valence-corrected chi connectivity index (χ1v) is 10.3. The largest absolute Gasteiger partial charge is 0.507 e. The molecule has 184 valence electrons. The van der Waals surface area contributed by atoms with Crippen molar-refractivity contribution in [2.75, 3.05) is 7.11 Å². The summed E-state index contributed by atoms with van der Waals surface area (Å²) in [6.45, 7) is 0. The van der Waals surface area contributed by atoms with Crippen molar-refractivity contribution in [1.82, 2.24) is 0 Å². The predicted octanol–water partition coefficient (Wildman–Crippen LogP) is -0.586. The maximum absolute atomic E-state index is 11.3. The number of carboxylic acid groups (broad SMARTS) is 1. The first-order valence-electron chi connectivity index (χ1n) is 10.3. The number of rotatable bonds is 5. The lowest BCUT2D eigenvalue weighted by Crippen LogP contribution is -2.61. The minimum absolute atomic E-state index is 0.00739. The quantitative estimate of drug-likeness (QED) is 0.288. The summed E-state index contributed by atoms with van der Waals surface area (Å²) in [5.41, 5.74) is 0.715. The molecule has 4 rings (SSSR count). The lowest BCUT2D eigenvalue weighted by molar-refractivity contribution is -0.271. The highest BCUT2D eigenvalue weighted by Crippen LogP contribution is 2.43. The molecule has 1 saturated heterocycles. The molecule has 1 fully saturated rings. The molecule has 2 aliphatic rings. The molecule has 12 heteroatoms. The van der Waals surface area contributed by atoms with Crippen molar-refractivity contribution in [3.8, 4) is 28.7 Å². The number of aliphatic carboxylic acids is 1. The van der Waals surface area contributed by atoms with Crippen LogP contribution in [-0.4, -0.2) is 85.6 Å². The van der Waals surface area contributed by atoms with E-state index in [1.54, 1.807) is 6.07 Å². The molecule has 2 heterocycles. The highest BCUT2D eigenvalue weighted by atomic mass is 16.7. The third-order valence-corrected chi connectivity index (χ3v) is 5.77. The maximum Gasteiger partial charge on any atom is 0.335 e. The van der Waals surface area contributed by atoms with Crippen molar-refractivity contribution in [2.45, 2.75) is 49.3 Å². The Hall–Kier alpha value is -3.29. The van der Waals surface area contributed by atoms with Gasteiger partial charge >= 0.3 is 5.97 Å². The van der Waals surface area contributed by atoms with E-state index in [9.17, 15) is 40.5 Å². The van der Waals surface area contributed by atoms with Crippen LogP contribution in [0.5, 0.6) is 28.7 Å². The number of hydrogen-bond acceptors (Lipinski definition) is 11. The van der Waals surface area contributed by atoms with Gasteiger partial charge in [0.1, 0.15) is 41.7 Å². The molecule has 0 saturated carbocycles. The Bertz CT molecular complexity index is 1070. The lowest BCUT2D eigenvalue weighted by atomic mass is 9.94. The summed E-state index contributed by atoms with van der Waals surface area (Å²) < 4.78 is 21.4. The Morgan fingerprint density at radius 2 is 1.74 bits per heavy atom. The molecule has 0 spiro atoms. The first-order chi connectivity index (χ1) is 16.1. The van der Waals surface area contributed by atoms with Gasteiger partial charge in [-0.15, -0.1) is 0 Å². The monoisotopic (exact) mass is 480 g/mol. The van der Waals surface area contributed by atoms with Crippen LogP contribution in [0.4, 0.5) is 0 Å². The van der Waals surface area contributed by atoms with Gasteiger partial charge in [0.05, 0.1) is 13.2 Å². The second-order valence-corrected chi connectivity index (χ2v) is 8.01. The molecule has 34 heavy (non-hydrogen) atoms. The minimum atomic E-state index is -1.88. The Morgan fingerprint density at radius 3 is 2.38 bits per heavy atom. The summed E-state index contributed by atoms with van der Waals surface area (Å²) >= 11 is 0. The number of aliphatic hydroxyl groups is 4. The molecule has 2 aliphatic heterocycles. The second kappa shape index (κ2) is 9.16. The van der Waals surface area contributed by atoms with Crippen molar-refractivity contribution in [3.63, 3.8) is 0 Å². The Kier molecular flexibility index (Phi) is 6.43. The van der Waals surface area contributed by atoms with Crippen molar-refractivity contribution >= 4 is 5.97 Å². The summed E-state index contributed by atoms with van der Waals surface area (Å²) in [5, 5.41) is 70.2. The van der Waals surface area contributed by atoms with E-state index in [0.717, 1.165) is 6.07 Å². The smallest absolute Gasteiger partial charge is 0.335 e. The van der Waals surface area contributed by atoms with E-state index >= 15 is 0 Å². The van der Waals surface area contributed by atoms with E-state index in [2.05, 4.69) is 0 Å². The number of phenolic OH excluding ortho intramolecular Hbond substituents is 2. The minimum Gasteiger partial charge on any atom is -0.507 e. The standard InChI is InChI=1S/C22H24O12/c1-31-14-3-2-8(4-12(14)24)19-13(25)7-10-11(23)5-9(6-15(10)33-19)32-22-18(28)16(26)17(27)20(34-22)21(29)30/h2-6,13,16-20,22-28H,7H2,1H3,(H,29,30)/t13?,16-,17-,18+,19?,20-,22+/m0/s1. The van der Waals surface area contributed by atoms with Gasteiger partial charge in [0, 0.05) is 24.1 Å². The van der Waals surface area contributed by atoms with Gasteiger partial charge in [0.2, 0.25) is 6.29 Å². The van der Waals surface area contributed by atoms with Crippen molar-refractivity contribution in [3.05, 3.63) is 41.5 Å². The van der Waals surface area contributed by atoms with Gasteiger partial charge in [-0.3, -0.25) is 0 Å². The number of hydrogen-bond donors (Lipinski definition) is 7. The van der Waals surface area contributed by atoms with E-state index in [-0.39, 0.29) is 40.7 Å². The zero-order chi connectivity index (χ0) is 24.7. The van der Waals surface area contributed by atoms with Crippen molar-refractivity contribution < 1.29 is 59.5 Å². The van der Waals surface area contributed by atoms with Crippen LogP contribution >= 0.6 is 0 Å². The third kappa shape index (κ3) is 4.29. The topological polar surface area (TPSA) is 196 Å². The van der Waals surface area contributed by atoms with Crippen LogP contribution in [-0.2, 0) is 16.0 Å². The van der Waals surface area contributed by atoms with Crippen LogP contribution in [0.3, 0.4) is 0 Å². The first kappa shape index (κ1) is 23.9. The number of ether oxygens (including phenoxy) is 4. The number of carboxylic acids is 1. The van der Waals surface area contributed by atoms with Gasteiger partial charge in [-0.25, -0.2) is 4.79 Å². The van der Waals surface area contributed by atoms with Crippen LogP contribution in [0.15, 0.2) is 30.3 Å². The molecule has 0 radical (unpaired) electrons. The zero-order valence-electron chi connectivity index (χ0n) is 17.8. The van der Waals surface area contributed by atoms with Crippen LogP contribution in [0.25, 0.3) is 0 Å². The summed E-state index contributed by atoms with van der Waals surface area (Å²) in [5.74, 6) is -1.76. The van der Waals surface area contributed by atoms with Crippen LogP contribution < -0.4 is 14.2 Å². The second-order valence-electron chi connectivity index (χ2n) is 8.01. The molecular weight excluding hydrogens is 456 g/mol. The van der Waals surface area contributed by atoms with Gasteiger partial charge < -0.3 is 54.7 Å². The van der Waals surface area contributed by atoms with Gasteiger partial charge in [0.15, 0.2) is 17.6 Å². The number of fused-ring (bicyclic) bond motifs is 1. The highest BCUT2D eigenvalue weighted by molar-refractivity contribution is 5.73. The Morgan fingerprint density at radius 1 is 1.00 bits per heavy atom. The zero-order valence-corrected chi connectivity index (χ0v) is 17.8. The normalized spacial score (nSPS) is 30.7. The summed E-state index contributed by atoms with van der Waals surface area (Å²) in [6.07, 6.45) is -11.0. The van der Waals surface area contributed by atoms with E-state index in [1.165, 1.54) is 25.3 Å². The van der Waals surface area contributed by atoms with Gasteiger partial charge in [-0.2, -0.15) is 0 Å². The fourth-order valence-electron chi connectivity index (χ4n) is 3.97. The highest BCUT2D eigenvalue weighted by Gasteiger charge is 2.48.